The molecule has 0 saturated heterocycles. The Labute approximate surface area is 158 Å². The fraction of sp³-hybridized carbons (Fsp3) is 0.444. The molecule has 0 saturated carbocycles. The molecule has 2 aromatic rings. The van der Waals surface area contributed by atoms with E-state index >= 15 is 0 Å². The molecule has 0 radical (unpaired) electrons. The fourth-order valence-electron chi connectivity index (χ4n) is 2.31. The van der Waals surface area contributed by atoms with Crippen LogP contribution in [0.15, 0.2) is 29.4 Å². The van der Waals surface area contributed by atoms with Crippen molar-refractivity contribution in [1.82, 2.24) is 25.4 Å². The third-order valence-corrected chi connectivity index (χ3v) is 4.57. The zero-order chi connectivity index (χ0) is 19.5. The molecule has 1 aromatic heterocycles. The Bertz CT molecular complexity index is 810. The van der Waals surface area contributed by atoms with Crippen LogP contribution in [0.2, 0.25) is 0 Å². The van der Waals surface area contributed by atoms with E-state index in [2.05, 4.69) is 20.8 Å². The average molecular weight is 375 g/mol. The molecular formula is C18H25N5O2S. The standard InChI is InChI=1S/C18H25N5O2S/c1-11-9-7-8-10-14(11)23-13(3)21-22-17(23)26-12(2)15(24)19-16(25)20-18(4,5)6/h7-10,12H,1-6H3,(H2,19,20,24,25). The molecule has 0 spiro atoms. The van der Waals surface area contributed by atoms with Crippen LogP contribution in [0.3, 0.4) is 0 Å². The maximum atomic E-state index is 12.3. The summed E-state index contributed by atoms with van der Waals surface area (Å²) in [6.07, 6.45) is 0. The number of thioether (sulfide) groups is 1. The second kappa shape index (κ2) is 7.90. The van der Waals surface area contributed by atoms with Gasteiger partial charge in [-0.2, -0.15) is 0 Å². The number of amides is 3. The minimum absolute atomic E-state index is 0.381. The van der Waals surface area contributed by atoms with Crippen LogP contribution in [-0.4, -0.2) is 37.5 Å². The van der Waals surface area contributed by atoms with Crippen LogP contribution in [0.25, 0.3) is 5.69 Å². The smallest absolute Gasteiger partial charge is 0.321 e. The van der Waals surface area contributed by atoms with Gasteiger partial charge in [-0.05, 0) is 53.2 Å². The third kappa shape index (κ3) is 5.08. The molecule has 0 bridgehead atoms. The topological polar surface area (TPSA) is 88.9 Å². The SMILES string of the molecule is Cc1ccccc1-n1c(C)nnc1SC(C)C(=O)NC(=O)NC(C)(C)C. The van der Waals surface area contributed by atoms with E-state index in [1.54, 1.807) is 6.92 Å². The molecule has 0 aliphatic rings. The molecule has 1 aromatic carbocycles. The number of para-hydroxylation sites is 1. The second-order valence-corrected chi connectivity index (χ2v) is 8.41. The Balaban J connectivity index is 2.13. The van der Waals surface area contributed by atoms with Gasteiger partial charge in [-0.25, -0.2) is 4.79 Å². The number of aryl methyl sites for hydroxylation is 2. The van der Waals surface area contributed by atoms with E-state index in [-0.39, 0.29) is 5.91 Å². The lowest BCUT2D eigenvalue weighted by Crippen LogP contribution is -2.49. The van der Waals surface area contributed by atoms with E-state index in [9.17, 15) is 9.59 Å². The molecule has 140 valence electrons. The van der Waals surface area contributed by atoms with Crippen LogP contribution in [0.5, 0.6) is 0 Å². The Hall–Kier alpha value is -2.35. The Kier molecular flexibility index (Phi) is 6.07. The van der Waals surface area contributed by atoms with Crippen molar-refractivity contribution >= 4 is 23.7 Å². The molecule has 8 heteroatoms. The van der Waals surface area contributed by atoms with Crippen LogP contribution >= 0.6 is 11.8 Å². The van der Waals surface area contributed by atoms with E-state index in [0.717, 1.165) is 17.1 Å². The number of imide groups is 1. The molecule has 1 unspecified atom stereocenters. The first kappa shape index (κ1) is 20.0. The zero-order valence-electron chi connectivity index (χ0n) is 16.0. The van der Waals surface area contributed by atoms with Gasteiger partial charge in [-0.15, -0.1) is 10.2 Å². The Morgan fingerprint density at radius 1 is 1.15 bits per heavy atom. The van der Waals surface area contributed by atoms with Crippen molar-refractivity contribution in [3.8, 4) is 5.69 Å². The van der Waals surface area contributed by atoms with E-state index in [1.807, 2.05) is 63.5 Å². The van der Waals surface area contributed by atoms with E-state index in [4.69, 9.17) is 0 Å². The monoisotopic (exact) mass is 375 g/mol. The van der Waals surface area contributed by atoms with E-state index in [1.165, 1.54) is 11.8 Å². The molecule has 2 rings (SSSR count). The molecule has 2 N–H and O–H groups in total. The number of hydrogen-bond donors (Lipinski definition) is 2. The number of aromatic nitrogens is 3. The third-order valence-electron chi connectivity index (χ3n) is 3.53. The maximum Gasteiger partial charge on any atom is 0.321 e. The summed E-state index contributed by atoms with van der Waals surface area (Å²) in [4.78, 5) is 24.2. The molecule has 7 nitrogen and oxygen atoms in total. The van der Waals surface area contributed by atoms with Gasteiger partial charge in [-0.1, -0.05) is 30.0 Å². The van der Waals surface area contributed by atoms with E-state index in [0.29, 0.717) is 5.16 Å². The number of hydrogen-bond acceptors (Lipinski definition) is 5. The highest BCUT2D eigenvalue weighted by atomic mass is 32.2. The number of carbonyl (C=O) groups excluding carboxylic acids is 2. The van der Waals surface area contributed by atoms with Crippen molar-refractivity contribution < 1.29 is 9.59 Å². The highest BCUT2D eigenvalue weighted by Gasteiger charge is 2.23. The predicted molar refractivity (Wildman–Crippen MR) is 103 cm³/mol. The number of nitrogens with one attached hydrogen (secondary N) is 2. The summed E-state index contributed by atoms with van der Waals surface area (Å²) in [7, 11) is 0. The van der Waals surface area contributed by atoms with Gasteiger partial charge >= 0.3 is 6.03 Å². The molecular weight excluding hydrogens is 350 g/mol. The van der Waals surface area contributed by atoms with Crippen LogP contribution < -0.4 is 10.6 Å². The van der Waals surface area contributed by atoms with E-state index < -0.39 is 16.8 Å². The predicted octanol–water partition coefficient (Wildman–Crippen LogP) is 2.99. The average Bonchev–Trinajstić information content (AvgIpc) is 2.86. The summed E-state index contributed by atoms with van der Waals surface area (Å²) in [5.74, 6) is 0.355. The highest BCUT2D eigenvalue weighted by Crippen LogP contribution is 2.26. The first-order chi connectivity index (χ1) is 12.1. The van der Waals surface area contributed by atoms with Gasteiger partial charge in [0.25, 0.3) is 0 Å². The molecule has 0 aliphatic heterocycles. The summed E-state index contributed by atoms with van der Waals surface area (Å²) in [6.45, 7) is 11.2. The number of benzene rings is 1. The largest absolute Gasteiger partial charge is 0.333 e. The van der Waals surface area contributed by atoms with Gasteiger partial charge < -0.3 is 5.32 Å². The zero-order valence-corrected chi connectivity index (χ0v) is 16.8. The maximum absolute atomic E-state index is 12.3. The van der Waals surface area contributed by atoms with Gasteiger partial charge in [0.15, 0.2) is 5.16 Å². The minimum atomic E-state index is -0.508. The minimum Gasteiger partial charge on any atom is -0.333 e. The first-order valence-electron chi connectivity index (χ1n) is 8.36. The van der Waals surface area contributed by atoms with Gasteiger partial charge in [0.05, 0.1) is 10.9 Å². The summed E-state index contributed by atoms with van der Waals surface area (Å²) < 4.78 is 1.92. The number of nitrogens with zero attached hydrogens (tertiary/aromatic N) is 3. The van der Waals surface area contributed by atoms with Crippen molar-refractivity contribution in [3.05, 3.63) is 35.7 Å². The lowest BCUT2D eigenvalue weighted by Gasteiger charge is -2.21. The highest BCUT2D eigenvalue weighted by molar-refractivity contribution is 8.00. The van der Waals surface area contributed by atoms with Crippen LogP contribution in [-0.2, 0) is 4.79 Å². The van der Waals surface area contributed by atoms with Gasteiger partial charge in [-0.3, -0.25) is 14.7 Å². The Morgan fingerprint density at radius 2 is 1.81 bits per heavy atom. The van der Waals surface area contributed by atoms with Crippen LogP contribution in [0, 0.1) is 13.8 Å². The molecule has 0 fully saturated rings. The van der Waals surface area contributed by atoms with Crippen LogP contribution in [0.4, 0.5) is 4.79 Å². The number of urea groups is 1. The van der Waals surface area contributed by atoms with Crippen molar-refractivity contribution in [2.45, 2.75) is 57.5 Å². The number of carbonyl (C=O) groups is 2. The first-order valence-corrected chi connectivity index (χ1v) is 9.24. The van der Waals surface area contributed by atoms with Crippen molar-refractivity contribution in [1.29, 1.82) is 0 Å². The quantitative estimate of drug-likeness (QED) is 0.802. The van der Waals surface area contributed by atoms with Crippen molar-refractivity contribution in [2.75, 3.05) is 0 Å². The fourth-order valence-corrected chi connectivity index (χ4v) is 3.21. The Morgan fingerprint density at radius 3 is 2.42 bits per heavy atom. The van der Waals surface area contributed by atoms with Crippen LogP contribution in [0.1, 0.15) is 39.1 Å². The lowest BCUT2D eigenvalue weighted by atomic mass is 10.1. The normalized spacial score (nSPS) is 12.5. The summed E-state index contributed by atoms with van der Waals surface area (Å²) in [5.41, 5.74) is 1.64. The molecule has 26 heavy (non-hydrogen) atoms. The molecule has 3 amide bonds. The lowest BCUT2D eigenvalue weighted by molar-refractivity contribution is -0.119. The van der Waals surface area contributed by atoms with Crippen molar-refractivity contribution in [2.24, 2.45) is 0 Å². The molecule has 0 aliphatic carbocycles. The van der Waals surface area contributed by atoms with Gasteiger partial charge in [0.1, 0.15) is 5.82 Å². The van der Waals surface area contributed by atoms with Gasteiger partial charge in [0, 0.05) is 5.54 Å². The molecule has 1 atom stereocenters. The second-order valence-electron chi connectivity index (χ2n) is 7.11. The summed E-state index contributed by atoms with van der Waals surface area (Å²) >= 11 is 1.26. The van der Waals surface area contributed by atoms with Crippen molar-refractivity contribution in [3.63, 3.8) is 0 Å². The number of rotatable bonds is 4. The summed E-state index contributed by atoms with van der Waals surface area (Å²) in [5, 5.41) is 13.5. The van der Waals surface area contributed by atoms with Gasteiger partial charge in [0.2, 0.25) is 5.91 Å². The molecule has 1 heterocycles. The summed E-state index contributed by atoms with van der Waals surface area (Å²) in [6, 6.07) is 7.40.